The van der Waals surface area contributed by atoms with Gasteiger partial charge in [0, 0.05) is 11.1 Å². The summed E-state index contributed by atoms with van der Waals surface area (Å²) in [5.41, 5.74) is 7.94. The van der Waals surface area contributed by atoms with Crippen molar-refractivity contribution in [2.24, 2.45) is 0 Å². The molecule has 1 aromatic carbocycles. The van der Waals surface area contributed by atoms with Gasteiger partial charge in [0.1, 0.15) is 0 Å². The number of fused-ring (bicyclic) bond motifs is 1. The third-order valence-electron chi connectivity index (χ3n) is 3.00. The Bertz CT molecular complexity index is 538. The summed E-state index contributed by atoms with van der Waals surface area (Å²) in [6.07, 6.45) is 1.08. The van der Waals surface area contributed by atoms with E-state index in [1.165, 1.54) is 0 Å². The number of halogens is 1. The first-order valence-electron chi connectivity index (χ1n) is 6.14. The minimum atomic E-state index is 0.340. The minimum absolute atomic E-state index is 0.340. The lowest BCUT2D eigenvalue weighted by Gasteiger charge is -2.15. The van der Waals surface area contributed by atoms with Gasteiger partial charge in [0.2, 0.25) is 5.95 Å². The highest BCUT2D eigenvalue weighted by molar-refractivity contribution is 7.99. The van der Waals surface area contributed by atoms with Gasteiger partial charge in [-0.25, -0.2) is 4.98 Å². The second-order valence-electron chi connectivity index (χ2n) is 4.31. The summed E-state index contributed by atoms with van der Waals surface area (Å²) in [6.45, 7) is 4.35. The van der Waals surface area contributed by atoms with Crippen molar-refractivity contribution in [3.8, 4) is 0 Å². The number of benzene rings is 1. The molecule has 98 valence electrons. The zero-order chi connectivity index (χ0) is 13.1. The van der Waals surface area contributed by atoms with Gasteiger partial charge in [-0.3, -0.25) is 0 Å². The number of nitrogen functional groups attached to an aromatic ring is 1. The molecule has 0 bridgehead atoms. The second kappa shape index (κ2) is 5.85. The Labute approximate surface area is 117 Å². The van der Waals surface area contributed by atoms with Gasteiger partial charge in [0.05, 0.1) is 11.0 Å². The molecule has 1 heterocycles. The van der Waals surface area contributed by atoms with Crippen molar-refractivity contribution in [3.63, 3.8) is 0 Å². The summed E-state index contributed by atoms with van der Waals surface area (Å²) in [7, 11) is 0. The third kappa shape index (κ3) is 2.75. The van der Waals surface area contributed by atoms with Crippen LogP contribution in [-0.2, 0) is 0 Å². The van der Waals surface area contributed by atoms with E-state index in [1.54, 1.807) is 0 Å². The highest BCUT2D eigenvalue weighted by Crippen LogP contribution is 2.27. The Kier molecular flexibility index (Phi) is 4.40. The Hall–Kier alpha value is -0.870. The second-order valence-corrected chi connectivity index (χ2v) is 6.14. The summed E-state index contributed by atoms with van der Waals surface area (Å²) in [4.78, 5) is 4.38. The topological polar surface area (TPSA) is 43.8 Å². The van der Waals surface area contributed by atoms with E-state index in [9.17, 15) is 0 Å². The molecule has 18 heavy (non-hydrogen) atoms. The molecule has 0 spiro atoms. The van der Waals surface area contributed by atoms with Crippen molar-refractivity contribution >= 4 is 40.3 Å². The molecular weight excluding hydrogens is 266 g/mol. The number of imidazole rings is 1. The molecule has 0 saturated carbocycles. The molecule has 0 radical (unpaired) electrons. The van der Waals surface area contributed by atoms with Crippen LogP contribution in [0, 0.1) is 0 Å². The van der Waals surface area contributed by atoms with E-state index in [2.05, 4.69) is 23.4 Å². The lowest BCUT2D eigenvalue weighted by Crippen LogP contribution is -2.09. The predicted octanol–water partition coefficient (Wildman–Crippen LogP) is 3.98. The van der Waals surface area contributed by atoms with Crippen molar-refractivity contribution in [1.29, 1.82) is 0 Å². The average Bonchev–Trinajstić information content (AvgIpc) is 2.64. The van der Waals surface area contributed by atoms with Crippen molar-refractivity contribution in [2.75, 3.05) is 17.2 Å². The number of nitrogens with zero attached hydrogens (tertiary/aromatic N) is 2. The fraction of sp³-hybridized carbons (Fsp3) is 0.462. The first-order valence-corrected chi connectivity index (χ1v) is 7.67. The SMILES string of the molecule is CCSCCC(C)n1c(N)nc2ccc(Cl)cc21. The third-order valence-corrected chi connectivity index (χ3v) is 4.17. The van der Waals surface area contributed by atoms with Crippen molar-refractivity contribution in [2.45, 2.75) is 26.3 Å². The fourth-order valence-corrected chi connectivity index (χ4v) is 3.04. The first-order chi connectivity index (χ1) is 8.63. The van der Waals surface area contributed by atoms with Crippen molar-refractivity contribution < 1.29 is 0 Å². The number of thioether (sulfide) groups is 1. The van der Waals surface area contributed by atoms with Gasteiger partial charge in [0.15, 0.2) is 0 Å². The van der Waals surface area contributed by atoms with Crippen LogP contribution in [0.2, 0.25) is 5.02 Å². The number of hydrogen-bond donors (Lipinski definition) is 1. The van der Waals surface area contributed by atoms with Crippen LogP contribution >= 0.6 is 23.4 Å². The molecule has 0 aliphatic heterocycles. The number of rotatable bonds is 5. The highest BCUT2D eigenvalue weighted by atomic mass is 35.5. The van der Waals surface area contributed by atoms with E-state index < -0.39 is 0 Å². The van der Waals surface area contributed by atoms with Crippen LogP contribution in [0.25, 0.3) is 11.0 Å². The van der Waals surface area contributed by atoms with Gasteiger partial charge >= 0.3 is 0 Å². The van der Waals surface area contributed by atoms with Gasteiger partial charge in [-0.05, 0) is 43.0 Å². The minimum Gasteiger partial charge on any atom is -0.369 e. The summed E-state index contributed by atoms with van der Waals surface area (Å²) >= 11 is 7.99. The van der Waals surface area contributed by atoms with E-state index in [-0.39, 0.29) is 0 Å². The molecule has 2 N–H and O–H groups in total. The Balaban J connectivity index is 2.30. The number of nitrogens with two attached hydrogens (primary N) is 1. The molecule has 1 atom stereocenters. The number of anilines is 1. The standard InChI is InChI=1S/C13H18ClN3S/c1-3-18-7-6-9(2)17-12-8-10(14)4-5-11(12)16-13(17)15/h4-5,8-9H,3,6-7H2,1-2H3,(H2,15,16). The summed E-state index contributed by atoms with van der Waals surface area (Å²) < 4.78 is 2.08. The lowest BCUT2D eigenvalue weighted by atomic mass is 10.2. The van der Waals surface area contributed by atoms with Gasteiger partial charge in [-0.1, -0.05) is 18.5 Å². The zero-order valence-corrected chi connectivity index (χ0v) is 12.3. The van der Waals surface area contributed by atoms with Crippen molar-refractivity contribution in [1.82, 2.24) is 9.55 Å². The molecule has 0 saturated heterocycles. The quantitative estimate of drug-likeness (QED) is 0.844. The summed E-state index contributed by atoms with van der Waals surface area (Å²) in [5, 5.41) is 0.721. The van der Waals surface area contributed by atoms with Gasteiger partial charge in [-0.2, -0.15) is 11.8 Å². The largest absolute Gasteiger partial charge is 0.369 e. The molecule has 0 fully saturated rings. The maximum Gasteiger partial charge on any atom is 0.201 e. The maximum atomic E-state index is 6.05. The molecule has 0 aliphatic carbocycles. The molecule has 2 aromatic rings. The van der Waals surface area contributed by atoms with Gasteiger partial charge < -0.3 is 10.3 Å². The van der Waals surface area contributed by atoms with E-state index in [0.717, 1.165) is 34.0 Å². The molecule has 2 rings (SSSR count). The van der Waals surface area contributed by atoms with Crippen molar-refractivity contribution in [3.05, 3.63) is 23.2 Å². The summed E-state index contributed by atoms with van der Waals surface area (Å²) in [5.74, 6) is 2.86. The molecule has 3 nitrogen and oxygen atoms in total. The van der Waals surface area contributed by atoms with Gasteiger partial charge in [-0.15, -0.1) is 0 Å². The smallest absolute Gasteiger partial charge is 0.201 e. The predicted molar refractivity (Wildman–Crippen MR) is 81.5 cm³/mol. The average molecular weight is 284 g/mol. The Morgan fingerprint density at radius 2 is 2.28 bits per heavy atom. The normalized spacial score (nSPS) is 13.1. The first kappa shape index (κ1) is 13.6. The lowest BCUT2D eigenvalue weighted by molar-refractivity contribution is 0.556. The zero-order valence-electron chi connectivity index (χ0n) is 10.7. The van der Waals surface area contributed by atoms with Crippen LogP contribution in [0.4, 0.5) is 5.95 Å². The van der Waals surface area contributed by atoms with Crippen LogP contribution in [0.15, 0.2) is 18.2 Å². The molecule has 1 aromatic heterocycles. The van der Waals surface area contributed by atoms with Crippen LogP contribution in [0.1, 0.15) is 26.3 Å². The molecule has 5 heteroatoms. The van der Waals surface area contributed by atoms with Crippen LogP contribution in [0.5, 0.6) is 0 Å². The Morgan fingerprint density at radius 1 is 1.50 bits per heavy atom. The molecule has 0 aliphatic rings. The van der Waals surface area contributed by atoms with E-state index in [4.69, 9.17) is 17.3 Å². The highest BCUT2D eigenvalue weighted by Gasteiger charge is 2.14. The van der Waals surface area contributed by atoms with E-state index in [0.29, 0.717) is 12.0 Å². The number of aromatic nitrogens is 2. The van der Waals surface area contributed by atoms with E-state index in [1.807, 2.05) is 30.0 Å². The number of hydrogen-bond acceptors (Lipinski definition) is 3. The fourth-order valence-electron chi connectivity index (χ4n) is 2.08. The van der Waals surface area contributed by atoms with E-state index >= 15 is 0 Å². The van der Waals surface area contributed by atoms with Crippen LogP contribution in [0.3, 0.4) is 0 Å². The van der Waals surface area contributed by atoms with Crippen LogP contribution < -0.4 is 5.73 Å². The maximum absolute atomic E-state index is 6.05. The monoisotopic (exact) mass is 283 g/mol. The Morgan fingerprint density at radius 3 is 3.00 bits per heavy atom. The van der Waals surface area contributed by atoms with Gasteiger partial charge in [0.25, 0.3) is 0 Å². The summed E-state index contributed by atoms with van der Waals surface area (Å²) in [6, 6.07) is 6.03. The van der Waals surface area contributed by atoms with Crippen LogP contribution in [-0.4, -0.2) is 21.1 Å². The molecular formula is C13H18ClN3S. The molecule has 1 unspecified atom stereocenters. The molecule has 0 amide bonds.